The Kier molecular flexibility index (Phi) is 11.1. The molecule has 0 bridgehead atoms. The molecule has 13 aromatic carbocycles. The highest BCUT2D eigenvalue weighted by atomic mass is 14.2. The molecule has 0 aromatic heterocycles. The van der Waals surface area contributed by atoms with E-state index in [9.17, 15) is 0 Å². The zero-order valence-electron chi connectivity index (χ0n) is 39.9. The summed E-state index contributed by atoms with van der Waals surface area (Å²) in [6.45, 7) is 0. The van der Waals surface area contributed by atoms with Crippen molar-refractivity contribution in [3.05, 3.63) is 302 Å². The number of hydrogen-bond acceptors (Lipinski definition) is 0. The van der Waals surface area contributed by atoms with Gasteiger partial charge in [0.25, 0.3) is 0 Å². The van der Waals surface area contributed by atoms with E-state index >= 15 is 0 Å². The molecule has 0 amide bonds. The normalized spacial score (nSPS) is 11.5. The molecule has 0 heterocycles. The van der Waals surface area contributed by atoms with Crippen molar-refractivity contribution in [1.29, 1.82) is 0 Å². The predicted octanol–water partition coefficient (Wildman–Crippen LogP) is 19.7. The summed E-state index contributed by atoms with van der Waals surface area (Å²) in [6.07, 6.45) is 0.857. The Labute approximate surface area is 421 Å². The third-order valence-corrected chi connectivity index (χ3v) is 14.9. The number of benzene rings is 13. The first kappa shape index (κ1) is 43.0. The molecule has 0 nitrogen and oxygen atoms in total. The van der Waals surface area contributed by atoms with Crippen LogP contribution in [0.2, 0.25) is 0 Å². The first-order chi connectivity index (χ1) is 35.7. The fourth-order valence-electron chi connectivity index (χ4n) is 11.5. The Morgan fingerprint density at radius 3 is 1.21 bits per heavy atom. The Morgan fingerprint density at radius 2 is 0.625 bits per heavy atom. The van der Waals surface area contributed by atoms with Crippen molar-refractivity contribution < 1.29 is 0 Å². The van der Waals surface area contributed by atoms with E-state index in [1.165, 1.54) is 127 Å². The average molecular weight is 915 g/mol. The van der Waals surface area contributed by atoms with Gasteiger partial charge >= 0.3 is 0 Å². The molecule has 0 aliphatic heterocycles. The van der Waals surface area contributed by atoms with Crippen molar-refractivity contribution in [2.45, 2.75) is 12.3 Å². The summed E-state index contributed by atoms with van der Waals surface area (Å²) >= 11 is 0. The van der Waals surface area contributed by atoms with Gasteiger partial charge in [0.15, 0.2) is 0 Å². The van der Waals surface area contributed by atoms with Crippen LogP contribution in [0.1, 0.15) is 22.6 Å². The zero-order chi connectivity index (χ0) is 47.8. The van der Waals surface area contributed by atoms with Crippen LogP contribution in [0.3, 0.4) is 0 Å². The van der Waals surface area contributed by atoms with Crippen LogP contribution in [0, 0.1) is 0 Å². The zero-order valence-corrected chi connectivity index (χ0v) is 39.9. The lowest BCUT2D eigenvalue weighted by Crippen LogP contribution is -2.06. The highest BCUT2D eigenvalue weighted by Crippen LogP contribution is 2.47. The lowest BCUT2D eigenvalue weighted by molar-refractivity contribution is 0.806. The van der Waals surface area contributed by atoms with Gasteiger partial charge in [0.1, 0.15) is 0 Å². The summed E-state index contributed by atoms with van der Waals surface area (Å²) in [5.41, 5.74) is 18.8. The van der Waals surface area contributed by atoms with E-state index in [4.69, 9.17) is 0 Å². The Hall–Kier alpha value is -9.10. The second-order valence-corrected chi connectivity index (χ2v) is 19.1. The molecular formula is C72H50. The van der Waals surface area contributed by atoms with Crippen LogP contribution < -0.4 is 0 Å². The average Bonchev–Trinajstić information content (AvgIpc) is 3.46. The third-order valence-electron chi connectivity index (χ3n) is 14.9. The van der Waals surface area contributed by atoms with Crippen LogP contribution in [0.4, 0.5) is 0 Å². The molecule has 0 unspecified atom stereocenters. The van der Waals surface area contributed by atoms with Crippen LogP contribution in [0.25, 0.3) is 110 Å². The molecular weight excluding hydrogens is 865 g/mol. The molecule has 72 heavy (non-hydrogen) atoms. The topological polar surface area (TPSA) is 0 Å². The summed E-state index contributed by atoms with van der Waals surface area (Å²) in [4.78, 5) is 0. The van der Waals surface area contributed by atoms with Crippen LogP contribution >= 0.6 is 0 Å². The summed E-state index contributed by atoms with van der Waals surface area (Å²) in [6, 6.07) is 105. The molecule has 0 aliphatic carbocycles. The molecule has 0 saturated heterocycles. The van der Waals surface area contributed by atoms with E-state index < -0.39 is 0 Å². The van der Waals surface area contributed by atoms with Crippen LogP contribution in [0.15, 0.2) is 285 Å². The van der Waals surface area contributed by atoms with Crippen molar-refractivity contribution in [2.75, 3.05) is 0 Å². The standard InChI is InChI=1S/C72H50/c1-2-19-51(20-3-1)62-33-8-9-34-65(62)72-68-37-12-10-35-66(68)71(67-36-11-13-38-69(67)72)59-30-14-25-54(46-59)50-43-41-49(42-44-50)45-70(57-28-15-26-55(47-57)63-39-17-23-52-21-4-6-31-60(52)63)58-29-16-27-56(48-58)64-40-18-24-53-22-5-7-32-61(53)64/h1-44,46-48,70H,45H2. The van der Waals surface area contributed by atoms with Gasteiger partial charge in [-0.1, -0.05) is 279 Å². The maximum atomic E-state index is 2.43. The van der Waals surface area contributed by atoms with Gasteiger partial charge in [-0.25, -0.2) is 0 Å². The lowest BCUT2D eigenvalue weighted by atomic mass is 9.83. The predicted molar refractivity (Wildman–Crippen MR) is 308 cm³/mol. The molecule has 0 atom stereocenters. The Morgan fingerprint density at radius 1 is 0.222 bits per heavy atom. The van der Waals surface area contributed by atoms with Crippen molar-refractivity contribution in [2.24, 2.45) is 0 Å². The van der Waals surface area contributed by atoms with Gasteiger partial charge in [-0.3, -0.25) is 0 Å². The molecule has 338 valence electrons. The largest absolute Gasteiger partial charge is 0.0622 e. The van der Waals surface area contributed by atoms with Gasteiger partial charge in [0, 0.05) is 5.92 Å². The quantitative estimate of drug-likeness (QED) is 0.120. The van der Waals surface area contributed by atoms with E-state index in [2.05, 4.69) is 285 Å². The van der Waals surface area contributed by atoms with E-state index in [-0.39, 0.29) is 5.92 Å². The van der Waals surface area contributed by atoms with Crippen LogP contribution in [-0.2, 0) is 6.42 Å². The minimum atomic E-state index is 0.119. The smallest absolute Gasteiger partial charge is 0.0130 e. The second-order valence-electron chi connectivity index (χ2n) is 19.1. The molecule has 0 saturated carbocycles. The number of fused-ring (bicyclic) bond motifs is 4. The minimum Gasteiger partial charge on any atom is -0.0622 e. The minimum absolute atomic E-state index is 0.119. The highest BCUT2D eigenvalue weighted by Gasteiger charge is 2.21. The fraction of sp³-hybridized carbons (Fsp3) is 0.0278. The molecule has 13 aromatic rings. The third kappa shape index (κ3) is 7.94. The monoisotopic (exact) mass is 914 g/mol. The van der Waals surface area contributed by atoms with E-state index in [1.54, 1.807) is 0 Å². The maximum Gasteiger partial charge on any atom is 0.0130 e. The molecule has 0 fully saturated rings. The van der Waals surface area contributed by atoms with Crippen molar-refractivity contribution in [3.63, 3.8) is 0 Å². The molecule has 13 rings (SSSR count). The molecule has 0 aliphatic rings. The van der Waals surface area contributed by atoms with Crippen LogP contribution in [-0.4, -0.2) is 0 Å². The summed E-state index contributed by atoms with van der Waals surface area (Å²) < 4.78 is 0. The molecule has 0 N–H and O–H groups in total. The number of rotatable bonds is 10. The maximum absolute atomic E-state index is 2.43. The molecule has 0 spiro atoms. The van der Waals surface area contributed by atoms with Gasteiger partial charge in [0.05, 0.1) is 0 Å². The van der Waals surface area contributed by atoms with E-state index in [0.29, 0.717) is 0 Å². The first-order valence-electron chi connectivity index (χ1n) is 25.2. The highest BCUT2D eigenvalue weighted by molar-refractivity contribution is 6.22. The van der Waals surface area contributed by atoms with Crippen molar-refractivity contribution >= 4 is 43.1 Å². The van der Waals surface area contributed by atoms with Gasteiger partial charge in [-0.05, 0) is 139 Å². The van der Waals surface area contributed by atoms with Gasteiger partial charge < -0.3 is 0 Å². The van der Waals surface area contributed by atoms with Gasteiger partial charge in [-0.2, -0.15) is 0 Å². The number of hydrogen-bond donors (Lipinski definition) is 0. The Balaban J connectivity index is 0.883. The Bertz CT molecular complexity index is 3930. The molecule has 0 heteroatoms. The van der Waals surface area contributed by atoms with Crippen molar-refractivity contribution in [1.82, 2.24) is 0 Å². The lowest BCUT2D eigenvalue weighted by Gasteiger charge is -2.21. The van der Waals surface area contributed by atoms with E-state index in [1.807, 2.05) is 0 Å². The first-order valence-corrected chi connectivity index (χ1v) is 25.2. The van der Waals surface area contributed by atoms with Crippen LogP contribution in [0.5, 0.6) is 0 Å². The second kappa shape index (κ2) is 18.7. The SMILES string of the molecule is c1ccc(-c2ccccc2-c2c3ccccc3c(-c3cccc(-c4ccc(CC(c5cccc(-c6cccc7ccccc67)c5)c5cccc(-c6cccc7ccccc67)c5)cc4)c3)c3ccccc23)cc1. The van der Waals surface area contributed by atoms with Gasteiger partial charge in [-0.15, -0.1) is 0 Å². The summed E-state index contributed by atoms with van der Waals surface area (Å²) in [5, 5.41) is 10.1. The fourth-order valence-corrected chi connectivity index (χ4v) is 11.5. The van der Waals surface area contributed by atoms with E-state index in [0.717, 1.165) is 6.42 Å². The van der Waals surface area contributed by atoms with Gasteiger partial charge in [0.2, 0.25) is 0 Å². The summed E-state index contributed by atoms with van der Waals surface area (Å²) in [5.74, 6) is 0.119. The summed E-state index contributed by atoms with van der Waals surface area (Å²) in [7, 11) is 0. The molecule has 0 radical (unpaired) electrons. The van der Waals surface area contributed by atoms with Crippen molar-refractivity contribution in [3.8, 4) is 66.8 Å².